The number of hydrogen-bond acceptors (Lipinski definition) is 3. The van der Waals surface area contributed by atoms with Crippen molar-refractivity contribution in [2.75, 3.05) is 0 Å². The predicted molar refractivity (Wildman–Crippen MR) is 71.7 cm³/mol. The summed E-state index contributed by atoms with van der Waals surface area (Å²) in [7, 11) is 0. The van der Waals surface area contributed by atoms with E-state index in [0.29, 0.717) is 5.02 Å². The van der Waals surface area contributed by atoms with E-state index in [0.717, 1.165) is 32.8 Å². The Morgan fingerprint density at radius 1 is 1.00 bits per heavy atom. The van der Waals surface area contributed by atoms with Crippen LogP contribution in [0.3, 0.4) is 0 Å². The minimum atomic E-state index is 0.652. The lowest BCUT2D eigenvalue weighted by molar-refractivity contribution is 1.34. The van der Waals surface area contributed by atoms with Gasteiger partial charge in [0.1, 0.15) is 0 Å². The highest BCUT2D eigenvalue weighted by molar-refractivity contribution is 6.40. The first-order valence-electron chi connectivity index (χ1n) is 5.49. The second-order valence-electron chi connectivity index (χ2n) is 4.09. The molecule has 0 radical (unpaired) electrons. The maximum Gasteiger partial charge on any atom is 0.0996 e. The second-order valence-corrected chi connectivity index (χ2v) is 4.47. The van der Waals surface area contributed by atoms with E-state index in [2.05, 4.69) is 19.9 Å². The van der Waals surface area contributed by atoms with Crippen LogP contribution in [0.5, 0.6) is 0 Å². The van der Waals surface area contributed by atoms with Gasteiger partial charge >= 0.3 is 0 Å². The van der Waals surface area contributed by atoms with Gasteiger partial charge in [0.25, 0.3) is 0 Å². The van der Waals surface area contributed by atoms with E-state index < -0.39 is 0 Å². The molecule has 0 saturated heterocycles. The summed E-state index contributed by atoms with van der Waals surface area (Å²) in [6, 6.07) is 3.77. The zero-order chi connectivity index (χ0) is 12.1. The third-order valence-corrected chi connectivity index (χ3v) is 3.45. The number of H-pyrrole nitrogens is 1. The highest BCUT2D eigenvalue weighted by Crippen LogP contribution is 2.32. The minimum Gasteiger partial charge on any atom is -0.352 e. The van der Waals surface area contributed by atoms with Crippen LogP contribution in [-0.2, 0) is 0 Å². The van der Waals surface area contributed by atoms with E-state index in [1.807, 2.05) is 12.1 Å². The van der Waals surface area contributed by atoms with E-state index in [4.69, 9.17) is 11.6 Å². The molecule has 0 atom stereocenters. The topological polar surface area (TPSA) is 54.5 Å². The Labute approximate surface area is 107 Å². The minimum absolute atomic E-state index is 0.652. The molecule has 0 saturated carbocycles. The van der Waals surface area contributed by atoms with Crippen LogP contribution in [0.1, 0.15) is 0 Å². The van der Waals surface area contributed by atoms with Gasteiger partial charge in [-0.2, -0.15) is 0 Å². The average molecular weight is 255 g/mol. The number of pyridine rings is 3. The summed E-state index contributed by atoms with van der Waals surface area (Å²) >= 11 is 6.41. The first-order chi connectivity index (χ1) is 8.84. The van der Waals surface area contributed by atoms with Gasteiger partial charge in [0.15, 0.2) is 0 Å². The monoisotopic (exact) mass is 254 g/mol. The lowest BCUT2D eigenvalue weighted by Gasteiger charge is -2.00. The van der Waals surface area contributed by atoms with E-state index in [9.17, 15) is 0 Å². The van der Waals surface area contributed by atoms with Crippen LogP contribution >= 0.6 is 11.6 Å². The molecule has 18 heavy (non-hydrogen) atoms. The van der Waals surface area contributed by atoms with Gasteiger partial charge < -0.3 is 4.98 Å². The number of nitrogens with zero attached hydrogens (tertiary/aromatic N) is 3. The third-order valence-electron chi connectivity index (χ3n) is 3.06. The van der Waals surface area contributed by atoms with Gasteiger partial charge in [-0.1, -0.05) is 11.6 Å². The van der Waals surface area contributed by atoms with E-state index in [1.165, 1.54) is 0 Å². The Morgan fingerprint density at radius 3 is 2.67 bits per heavy atom. The molecule has 4 nitrogen and oxygen atoms in total. The molecule has 4 aromatic heterocycles. The average Bonchev–Trinajstić information content (AvgIpc) is 2.79. The Bertz CT molecular complexity index is 897. The van der Waals surface area contributed by atoms with Gasteiger partial charge in [0.05, 0.1) is 27.1 Å². The molecule has 0 aliphatic carbocycles. The SMILES string of the molecule is Clc1c2cnccc2nc2c1[nH]c1ccncc12. The van der Waals surface area contributed by atoms with Crippen LogP contribution in [0.4, 0.5) is 0 Å². The Kier molecular flexibility index (Phi) is 1.85. The summed E-state index contributed by atoms with van der Waals surface area (Å²) in [5.74, 6) is 0. The Balaban J connectivity index is 2.33. The number of hydrogen-bond donors (Lipinski definition) is 1. The molecule has 4 rings (SSSR count). The fraction of sp³-hybridized carbons (Fsp3) is 0. The van der Waals surface area contributed by atoms with Crippen molar-refractivity contribution in [3.05, 3.63) is 41.9 Å². The number of aromatic nitrogens is 4. The molecule has 1 N–H and O–H groups in total. The quantitative estimate of drug-likeness (QED) is 0.524. The zero-order valence-corrected chi connectivity index (χ0v) is 9.94. The first kappa shape index (κ1) is 9.79. The second kappa shape index (κ2) is 3.40. The molecule has 0 aromatic carbocycles. The summed E-state index contributed by atoms with van der Waals surface area (Å²) in [5.41, 5.74) is 3.51. The number of aromatic amines is 1. The maximum absolute atomic E-state index is 6.41. The van der Waals surface area contributed by atoms with Gasteiger partial charge in [-0.05, 0) is 12.1 Å². The first-order valence-corrected chi connectivity index (χ1v) is 5.87. The number of nitrogens with one attached hydrogen (secondary N) is 1. The van der Waals surface area contributed by atoms with E-state index in [1.54, 1.807) is 24.8 Å². The molecule has 5 heteroatoms. The summed E-state index contributed by atoms with van der Waals surface area (Å²) in [5, 5.41) is 2.48. The highest BCUT2D eigenvalue weighted by Gasteiger charge is 2.12. The van der Waals surface area contributed by atoms with Crippen molar-refractivity contribution < 1.29 is 0 Å². The summed E-state index contributed by atoms with van der Waals surface area (Å²) < 4.78 is 0. The fourth-order valence-corrected chi connectivity index (χ4v) is 2.49. The molecule has 0 fully saturated rings. The van der Waals surface area contributed by atoms with Crippen molar-refractivity contribution in [3.63, 3.8) is 0 Å². The van der Waals surface area contributed by atoms with Crippen LogP contribution < -0.4 is 0 Å². The van der Waals surface area contributed by atoms with E-state index in [-0.39, 0.29) is 0 Å². The summed E-state index contributed by atoms with van der Waals surface area (Å²) in [4.78, 5) is 16.1. The van der Waals surface area contributed by atoms with Gasteiger partial charge in [-0.15, -0.1) is 0 Å². The van der Waals surface area contributed by atoms with Crippen molar-refractivity contribution in [1.29, 1.82) is 0 Å². The molecular weight excluding hydrogens is 248 g/mol. The highest BCUT2D eigenvalue weighted by atomic mass is 35.5. The number of halogens is 1. The standard InChI is InChI=1S/C13H7ClN4/c14-11-7-5-15-3-1-9(7)17-12-8-6-16-4-2-10(8)18-13(11)12/h1-6,18H. The van der Waals surface area contributed by atoms with Gasteiger partial charge in [0, 0.05) is 35.6 Å². The summed E-state index contributed by atoms with van der Waals surface area (Å²) in [6.07, 6.45) is 6.98. The van der Waals surface area contributed by atoms with Crippen LogP contribution in [0.15, 0.2) is 36.9 Å². The molecule has 0 unspecified atom stereocenters. The van der Waals surface area contributed by atoms with Crippen molar-refractivity contribution in [1.82, 2.24) is 19.9 Å². The lowest BCUT2D eigenvalue weighted by atomic mass is 10.2. The third kappa shape index (κ3) is 1.18. The smallest absolute Gasteiger partial charge is 0.0996 e. The predicted octanol–water partition coefficient (Wildman–Crippen LogP) is 3.31. The number of fused-ring (bicyclic) bond motifs is 4. The van der Waals surface area contributed by atoms with Crippen LogP contribution in [0, 0.1) is 0 Å². The molecule has 0 bridgehead atoms. The van der Waals surface area contributed by atoms with Crippen molar-refractivity contribution in [2.45, 2.75) is 0 Å². The van der Waals surface area contributed by atoms with Crippen molar-refractivity contribution >= 4 is 44.4 Å². The van der Waals surface area contributed by atoms with E-state index >= 15 is 0 Å². The number of rotatable bonds is 0. The van der Waals surface area contributed by atoms with Gasteiger partial charge in [0.2, 0.25) is 0 Å². The Hall–Kier alpha value is -2.20. The van der Waals surface area contributed by atoms with Gasteiger partial charge in [-0.25, -0.2) is 4.98 Å². The Morgan fingerprint density at radius 2 is 1.78 bits per heavy atom. The molecule has 86 valence electrons. The largest absolute Gasteiger partial charge is 0.352 e. The van der Waals surface area contributed by atoms with Crippen molar-refractivity contribution in [3.8, 4) is 0 Å². The molecule has 4 aromatic rings. The molecular formula is C13H7ClN4. The molecule has 0 aliphatic rings. The molecule has 0 aliphatic heterocycles. The maximum atomic E-state index is 6.41. The van der Waals surface area contributed by atoms with Crippen LogP contribution in [0.25, 0.3) is 32.8 Å². The van der Waals surface area contributed by atoms with Crippen molar-refractivity contribution in [2.24, 2.45) is 0 Å². The lowest BCUT2D eigenvalue weighted by Crippen LogP contribution is -1.83. The molecule has 0 spiro atoms. The van der Waals surface area contributed by atoms with Gasteiger partial charge in [-0.3, -0.25) is 9.97 Å². The normalized spacial score (nSPS) is 11.6. The van der Waals surface area contributed by atoms with Crippen LogP contribution in [-0.4, -0.2) is 19.9 Å². The molecule has 4 heterocycles. The summed E-state index contributed by atoms with van der Waals surface area (Å²) in [6.45, 7) is 0. The van der Waals surface area contributed by atoms with Crippen LogP contribution in [0.2, 0.25) is 5.02 Å². The molecule has 0 amide bonds. The zero-order valence-electron chi connectivity index (χ0n) is 9.18. The fourth-order valence-electron chi connectivity index (χ4n) is 2.20.